The second-order valence-electron chi connectivity index (χ2n) is 17.9. The Balaban J connectivity index is 1.38. The molecular weight excluding hydrogens is 731 g/mol. The molecule has 0 saturated heterocycles. The van der Waals surface area contributed by atoms with E-state index in [1.807, 2.05) is 0 Å². The van der Waals surface area contributed by atoms with Crippen LogP contribution in [0.15, 0.2) is 127 Å². The lowest BCUT2D eigenvalue weighted by Gasteiger charge is -2.33. The highest BCUT2D eigenvalue weighted by Crippen LogP contribution is 2.40. The Kier molecular flexibility index (Phi) is 10.1. The van der Waals surface area contributed by atoms with Crippen LogP contribution in [0.4, 0.5) is 0 Å². The number of hydrogen-bond donors (Lipinski definition) is 0. The van der Waals surface area contributed by atoms with Crippen molar-refractivity contribution < 1.29 is 0 Å². The van der Waals surface area contributed by atoms with E-state index in [2.05, 4.69) is 210 Å². The molecule has 1 heteroatoms. The molecule has 61 heavy (non-hydrogen) atoms. The maximum Gasteiger partial charge on any atom is 0.243 e. The Morgan fingerprint density at radius 3 is 0.689 bits per heavy atom. The predicted molar refractivity (Wildman–Crippen MR) is 270 cm³/mol. The van der Waals surface area contributed by atoms with Crippen LogP contribution in [0.1, 0.15) is 66.8 Å². The summed E-state index contributed by atoms with van der Waals surface area (Å²) in [6.45, 7) is 28.7. The highest BCUT2D eigenvalue weighted by atomic mass is 14.3. The van der Waals surface area contributed by atoms with Crippen molar-refractivity contribution in [2.75, 3.05) is 0 Å². The minimum atomic E-state index is 0.0249. The predicted octanol–water partition coefficient (Wildman–Crippen LogP) is 14.4. The summed E-state index contributed by atoms with van der Waals surface area (Å²) in [6.07, 6.45) is 0. The molecule has 0 atom stereocenters. The van der Waals surface area contributed by atoms with E-state index < -0.39 is 0 Å². The summed E-state index contributed by atoms with van der Waals surface area (Å²) < 4.78 is 0. The third-order valence-corrected chi connectivity index (χ3v) is 15.1. The van der Waals surface area contributed by atoms with Crippen molar-refractivity contribution in [1.29, 1.82) is 0 Å². The van der Waals surface area contributed by atoms with Crippen molar-refractivity contribution in [1.82, 2.24) is 0 Å². The Morgan fingerprint density at radius 1 is 0.230 bits per heavy atom. The Labute approximate surface area is 364 Å². The van der Waals surface area contributed by atoms with Crippen LogP contribution in [-0.4, -0.2) is 6.71 Å². The van der Waals surface area contributed by atoms with Crippen molar-refractivity contribution in [3.8, 4) is 33.4 Å². The van der Waals surface area contributed by atoms with Gasteiger partial charge in [-0.15, -0.1) is 0 Å². The molecule has 0 aromatic heterocycles. The molecule has 0 aliphatic heterocycles. The van der Waals surface area contributed by atoms with Gasteiger partial charge >= 0.3 is 0 Å². The summed E-state index contributed by atoms with van der Waals surface area (Å²) in [7, 11) is 0. The van der Waals surface area contributed by atoms with Gasteiger partial charge in [0.25, 0.3) is 0 Å². The fourth-order valence-corrected chi connectivity index (χ4v) is 11.3. The van der Waals surface area contributed by atoms with Crippen molar-refractivity contribution in [3.63, 3.8) is 0 Å². The van der Waals surface area contributed by atoms with Gasteiger partial charge in [0, 0.05) is 0 Å². The van der Waals surface area contributed by atoms with Crippen molar-refractivity contribution in [2.24, 2.45) is 0 Å². The van der Waals surface area contributed by atoms with Gasteiger partial charge in [-0.2, -0.15) is 0 Å². The standard InChI is InChI=1S/C60H57B/c1-34-40(7)58(41(8)35(2)55(34)52-31-19-25-46-22-13-16-28-49(46)52)61(59-42(9)36(3)56(37(4)43(59)10)53-32-20-26-47-23-14-17-29-50(47)53)60-44(11)38(5)57(39(6)45(60)12)54-33-21-27-48-24-15-18-30-51(48)54/h13-33H,1-12H3. The monoisotopic (exact) mass is 788 g/mol. The van der Waals surface area contributed by atoms with E-state index in [1.54, 1.807) is 0 Å². The molecule has 0 amide bonds. The second kappa shape index (κ2) is 15.4. The first-order valence-corrected chi connectivity index (χ1v) is 22.1. The summed E-state index contributed by atoms with van der Waals surface area (Å²) in [5, 5.41) is 7.77. The van der Waals surface area contributed by atoms with Crippen LogP contribution >= 0.6 is 0 Å². The normalized spacial score (nSPS) is 11.6. The first-order chi connectivity index (χ1) is 29.3. The van der Waals surface area contributed by atoms with E-state index in [1.165, 1.54) is 149 Å². The molecule has 0 aliphatic rings. The molecule has 300 valence electrons. The molecule has 0 nitrogen and oxygen atoms in total. The highest BCUT2D eigenvalue weighted by molar-refractivity contribution is 6.97. The van der Waals surface area contributed by atoms with Crippen molar-refractivity contribution in [3.05, 3.63) is 194 Å². The number of fused-ring (bicyclic) bond motifs is 3. The lowest BCUT2D eigenvalue weighted by Crippen LogP contribution is -2.58. The van der Waals surface area contributed by atoms with E-state index in [0.717, 1.165) is 0 Å². The molecule has 9 aromatic rings. The molecule has 0 bridgehead atoms. The first kappa shape index (κ1) is 40.2. The minimum Gasteiger partial charge on any atom is -0.0623 e. The van der Waals surface area contributed by atoms with Crippen molar-refractivity contribution in [2.45, 2.75) is 83.1 Å². The third kappa shape index (κ3) is 6.19. The van der Waals surface area contributed by atoms with Gasteiger partial charge in [0.05, 0.1) is 0 Å². The molecular formula is C60H57B. The molecule has 0 aliphatic carbocycles. The SMILES string of the molecule is Cc1c(C)c(-c2cccc3ccccc23)c(C)c(C)c1B(c1c(C)c(C)c(-c2cccc3ccccc23)c(C)c1C)c1c(C)c(C)c(-c2cccc3ccccc23)c(C)c1C. The number of hydrogen-bond acceptors (Lipinski definition) is 0. The van der Waals surface area contributed by atoms with Crippen LogP contribution < -0.4 is 16.4 Å². The van der Waals surface area contributed by atoms with Gasteiger partial charge in [-0.05, 0) is 182 Å². The van der Waals surface area contributed by atoms with E-state index >= 15 is 0 Å². The highest BCUT2D eigenvalue weighted by Gasteiger charge is 2.36. The maximum atomic E-state index is 2.41. The smallest absolute Gasteiger partial charge is 0.0623 e. The zero-order chi connectivity index (χ0) is 43.0. The van der Waals surface area contributed by atoms with Crippen LogP contribution in [0.5, 0.6) is 0 Å². The van der Waals surface area contributed by atoms with E-state index in [4.69, 9.17) is 0 Å². The van der Waals surface area contributed by atoms with E-state index in [9.17, 15) is 0 Å². The van der Waals surface area contributed by atoms with Crippen LogP contribution in [0, 0.1) is 83.1 Å². The molecule has 0 N–H and O–H groups in total. The van der Waals surface area contributed by atoms with Gasteiger partial charge in [0.2, 0.25) is 6.71 Å². The first-order valence-electron chi connectivity index (χ1n) is 22.1. The largest absolute Gasteiger partial charge is 0.243 e. The van der Waals surface area contributed by atoms with Crippen LogP contribution in [0.25, 0.3) is 65.7 Å². The van der Waals surface area contributed by atoms with Gasteiger partial charge in [0.1, 0.15) is 0 Å². The number of rotatable bonds is 6. The zero-order valence-electron chi connectivity index (χ0n) is 38.2. The summed E-state index contributed by atoms with van der Waals surface area (Å²) in [5.41, 5.74) is 28.9. The van der Waals surface area contributed by atoms with Crippen LogP contribution in [-0.2, 0) is 0 Å². The topological polar surface area (TPSA) is 0 Å². The zero-order valence-corrected chi connectivity index (χ0v) is 38.2. The molecule has 0 heterocycles. The quantitative estimate of drug-likeness (QED) is 0.147. The third-order valence-electron chi connectivity index (χ3n) is 15.1. The summed E-state index contributed by atoms with van der Waals surface area (Å²) in [5.74, 6) is 0. The molecule has 9 aromatic carbocycles. The van der Waals surface area contributed by atoms with Crippen LogP contribution in [0.3, 0.4) is 0 Å². The van der Waals surface area contributed by atoms with Gasteiger partial charge in [0.15, 0.2) is 0 Å². The average Bonchev–Trinajstić information content (AvgIpc) is 3.27. The fourth-order valence-electron chi connectivity index (χ4n) is 11.3. The summed E-state index contributed by atoms with van der Waals surface area (Å²) >= 11 is 0. The molecule has 9 rings (SSSR count). The van der Waals surface area contributed by atoms with Crippen LogP contribution in [0.2, 0.25) is 0 Å². The Hall–Kier alpha value is -6.18. The molecule has 0 saturated carbocycles. The Morgan fingerprint density at radius 2 is 0.443 bits per heavy atom. The fraction of sp³-hybridized carbons (Fsp3) is 0.200. The lowest BCUT2D eigenvalue weighted by molar-refractivity contribution is 1.25. The second-order valence-corrected chi connectivity index (χ2v) is 17.9. The lowest BCUT2D eigenvalue weighted by atomic mass is 9.32. The molecule has 0 unspecified atom stereocenters. The van der Waals surface area contributed by atoms with Crippen molar-refractivity contribution >= 4 is 55.4 Å². The van der Waals surface area contributed by atoms with Gasteiger partial charge in [-0.1, -0.05) is 177 Å². The Bertz CT molecular complexity index is 2810. The molecule has 0 fully saturated rings. The van der Waals surface area contributed by atoms with Gasteiger partial charge in [-0.3, -0.25) is 0 Å². The van der Waals surface area contributed by atoms with E-state index in [0.29, 0.717) is 0 Å². The van der Waals surface area contributed by atoms with Gasteiger partial charge in [-0.25, -0.2) is 0 Å². The maximum absolute atomic E-state index is 2.41. The summed E-state index contributed by atoms with van der Waals surface area (Å²) in [6, 6.07) is 46.9. The minimum absolute atomic E-state index is 0.0249. The molecule has 0 radical (unpaired) electrons. The van der Waals surface area contributed by atoms with Gasteiger partial charge < -0.3 is 0 Å². The summed E-state index contributed by atoms with van der Waals surface area (Å²) in [4.78, 5) is 0. The van der Waals surface area contributed by atoms with E-state index in [-0.39, 0.29) is 6.71 Å². The molecule has 0 spiro atoms. The number of benzene rings is 9. The average molecular weight is 789 g/mol.